The fraction of sp³-hybridized carbons (Fsp3) is 0.562. The quantitative estimate of drug-likeness (QED) is 0.414. The van der Waals surface area contributed by atoms with E-state index in [1.807, 2.05) is 55.0 Å². The van der Waals surface area contributed by atoms with Crippen LogP contribution in [0.3, 0.4) is 0 Å². The lowest BCUT2D eigenvalue weighted by Gasteiger charge is -2.29. The number of hydrogen-bond donors (Lipinski definition) is 0. The van der Waals surface area contributed by atoms with E-state index in [1.54, 1.807) is 6.07 Å². The largest absolute Gasteiger partial charge is 0.378 e. The zero-order chi connectivity index (χ0) is 16.1. The molecule has 7 heteroatoms. The van der Waals surface area contributed by atoms with E-state index >= 15 is 0 Å². The van der Waals surface area contributed by atoms with Crippen molar-refractivity contribution in [3.05, 3.63) is 29.6 Å². The second-order valence-electron chi connectivity index (χ2n) is 5.79. The molecule has 0 amide bonds. The number of morpholine rings is 1. The summed E-state index contributed by atoms with van der Waals surface area (Å²) in [5.74, 6) is 0.670. The summed E-state index contributed by atoms with van der Waals surface area (Å²) in [7, 11) is 7.78. The first-order chi connectivity index (χ1) is 10.5. The molecule has 0 saturated carbocycles. The Morgan fingerprint density at radius 2 is 1.78 bits per heavy atom. The third-order valence-corrected chi connectivity index (χ3v) is 3.57. The lowest BCUT2D eigenvalue weighted by Crippen LogP contribution is -2.36. The Morgan fingerprint density at radius 3 is 2.30 bits per heavy atom. The monoisotopic (exact) mass is 436 g/mol. The number of nitrogens with zero attached hydrogens (tertiary/aromatic N) is 4. The molecule has 1 fully saturated rings. The molecular formula is C16H26FIN4O. The zero-order valence-corrected chi connectivity index (χ0v) is 16.6. The van der Waals surface area contributed by atoms with Crippen molar-refractivity contribution in [3.63, 3.8) is 0 Å². The van der Waals surface area contributed by atoms with Gasteiger partial charge in [0.25, 0.3) is 0 Å². The Balaban J connectivity index is 0.00000264. The van der Waals surface area contributed by atoms with Crippen molar-refractivity contribution >= 4 is 35.6 Å². The topological polar surface area (TPSA) is 31.3 Å². The molecule has 0 bridgehead atoms. The Kier molecular flexibility index (Phi) is 8.04. The molecule has 1 heterocycles. The predicted molar refractivity (Wildman–Crippen MR) is 103 cm³/mol. The molecule has 2 rings (SSSR count). The smallest absolute Gasteiger partial charge is 0.195 e. The first kappa shape index (κ1) is 20.0. The highest BCUT2D eigenvalue weighted by atomic mass is 127. The summed E-state index contributed by atoms with van der Waals surface area (Å²) in [5.41, 5.74) is 1.52. The Morgan fingerprint density at radius 1 is 1.17 bits per heavy atom. The van der Waals surface area contributed by atoms with Crippen LogP contribution in [0.5, 0.6) is 0 Å². The van der Waals surface area contributed by atoms with Gasteiger partial charge < -0.3 is 19.4 Å². The average molecular weight is 436 g/mol. The molecule has 1 saturated heterocycles. The molecule has 5 nitrogen and oxygen atoms in total. The van der Waals surface area contributed by atoms with Crippen molar-refractivity contribution in [1.29, 1.82) is 0 Å². The number of hydrogen-bond acceptors (Lipinski definition) is 3. The second-order valence-corrected chi connectivity index (χ2v) is 5.79. The third kappa shape index (κ3) is 5.49. The normalized spacial score (nSPS) is 14.0. The van der Waals surface area contributed by atoms with Gasteiger partial charge >= 0.3 is 0 Å². The van der Waals surface area contributed by atoms with Crippen LogP contribution in [0.15, 0.2) is 23.2 Å². The number of benzene rings is 1. The van der Waals surface area contributed by atoms with E-state index in [1.165, 1.54) is 0 Å². The summed E-state index contributed by atoms with van der Waals surface area (Å²) in [6.07, 6.45) is 0. The van der Waals surface area contributed by atoms with E-state index in [0.29, 0.717) is 25.4 Å². The van der Waals surface area contributed by atoms with Crippen LogP contribution < -0.4 is 4.90 Å². The van der Waals surface area contributed by atoms with Gasteiger partial charge in [0.15, 0.2) is 5.96 Å². The minimum absolute atomic E-state index is 0. The minimum atomic E-state index is -0.189. The van der Waals surface area contributed by atoms with Crippen LogP contribution in [0.4, 0.5) is 10.1 Å². The molecule has 1 aromatic rings. The fourth-order valence-corrected chi connectivity index (χ4v) is 2.55. The Labute approximate surface area is 155 Å². The number of aliphatic imine (C=N–C) groups is 1. The molecule has 0 N–H and O–H groups in total. The highest BCUT2D eigenvalue weighted by Gasteiger charge is 2.15. The van der Waals surface area contributed by atoms with Crippen molar-refractivity contribution in [2.45, 2.75) is 6.54 Å². The van der Waals surface area contributed by atoms with E-state index in [2.05, 4.69) is 4.99 Å². The fourth-order valence-electron chi connectivity index (χ4n) is 2.55. The first-order valence-corrected chi connectivity index (χ1v) is 7.49. The SMILES string of the molecule is CN(C)C(=NCc1ccc(N2CCOCC2)c(F)c1)N(C)C.I. The lowest BCUT2D eigenvalue weighted by atomic mass is 10.1. The van der Waals surface area contributed by atoms with E-state index in [0.717, 1.165) is 24.6 Å². The molecule has 1 aromatic carbocycles. The van der Waals surface area contributed by atoms with Gasteiger partial charge in [0, 0.05) is 41.3 Å². The van der Waals surface area contributed by atoms with Crippen molar-refractivity contribution in [2.24, 2.45) is 4.99 Å². The molecule has 0 spiro atoms. The van der Waals surface area contributed by atoms with Crippen LogP contribution in [0, 0.1) is 5.82 Å². The molecular weight excluding hydrogens is 410 g/mol. The van der Waals surface area contributed by atoms with Gasteiger partial charge in [-0.3, -0.25) is 0 Å². The molecule has 130 valence electrons. The maximum Gasteiger partial charge on any atom is 0.195 e. The van der Waals surface area contributed by atoms with Gasteiger partial charge in [-0.05, 0) is 17.7 Å². The molecule has 23 heavy (non-hydrogen) atoms. The van der Waals surface area contributed by atoms with Gasteiger partial charge in [-0.1, -0.05) is 6.07 Å². The predicted octanol–water partition coefficient (Wildman–Crippen LogP) is 2.26. The molecule has 0 radical (unpaired) electrons. The maximum absolute atomic E-state index is 14.3. The summed E-state index contributed by atoms with van der Waals surface area (Å²) < 4.78 is 19.6. The van der Waals surface area contributed by atoms with Crippen molar-refractivity contribution in [2.75, 3.05) is 59.4 Å². The van der Waals surface area contributed by atoms with E-state index in [-0.39, 0.29) is 29.8 Å². The van der Waals surface area contributed by atoms with Crippen molar-refractivity contribution in [1.82, 2.24) is 9.80 Å². The zero-order valence-electron chi connectivity index (χ0n) is 14.3. The molecule has 1 aliphatic heterocycles. The number of rotatable bonds is 3. The van der Waals surface area contributed by atoms with Gasteiger partial charge in [-0.2, -0.15) is 0 Å². The molecule has 0 atom stereocenters. The standard InChI is InChI=1S/C16H25FN4O.HI/c1-19(2)16(20(3)4)18-12-13-5-6-15(14(17)11-13)21-7-9-22-10-8-21;/h5-6,11H,7-10,12H2,1-4H3;1H. The summed E-state index contributed by atoms with van der Waals surface area (Å²) in [4.78, 5) is 10.5. The number of guanidine groups is 1. The summed E-state index contributed by atoms with van der Waals surface area (Å²) >= 11 is 0. The minimum Gasteiger partial charge on any atom is -0.378 e. The average Bonchev–Trinajstić information content (AvgIpc) is 2.47. The van der Waals surface area contributed by atoms with Crippen LogP contribution in [0.2, 0.25) is 0 Å². The third-order valence-electron chi connectivity index (χ3n) is 3.57. The molecule has 1 aliphatic rings. The maximum atomic E-state index is 14.3. The van der Waals surface area contributed by atoms with Crippen LogP contribution in [-0.4, -0.2) is 70.3 Å². The van der Waals surface area contributed by atoms with Gasteiger partial charge in [-0.15, -0.1) is 24.0 Å². The Bertz CT molecular complexity index is 521. The molecule has 0 aromatic heterocycles. The second kappa shape index (κ2) is 9.27. The van der Waals surface area contributed by atoms with Gasteiger partial charge in [0.1, 0.15) is 5.82 Å². The summed E-state index contributed by atoms with van der Waals surface area (Å²) in [5, 5.41) is 0. The van der Waals surface area contributed by atoms with Gasteiger partial charge in [0.2, 0.25) is 0 Å². The summed E-state index contributed by atoms with van der Waals surface area (Å²) in [6.45, 7) is 3.24. The highest BCUT2D eigenvalue weighted by molar-refractivity contribution is 14.0. The van der Waals surface area contributed by atoms with E-state index in [9.17, 15) is 4.39 Å². The van der Waals surface area contributed by atoms with Crippen LogP contribution >= 0.6 is 24.0 Å². The number of halogens is 2. The lowest BCUT2D eigenvalue weighted by molar-refractivity contribution is 0.122. The molecule has 0 aliphatic carbocycles. The number of anilines is 1. The highest BCUT2D eigenvalue weighted by Crippen LogP contribution is 2.22. The molecule has 0 unspecified atom stereocenters. The van der Waals surface area contributed by atoms with Crippen LogP contribution in [-0.2, 0) is 11.3 Å². The van der Waals surface area contributed by atoms with E-state index in [4.69, 9.17) is 4.74 Å². The van der Waals surface area contributed by atoms with Gasteiger partial charge in [-0.25, -0.2) is 9.38 Å². The van der Waals surface area contributed by atoms with E-state index < -0.39 is 0 Å². The van der Waals surface area contributed by atoms with Gasteiger partial charge in [0.05, 0.1) is 25.4 Å². The van der Waals surface area contributed by atoms with Crippen molar-refractivity contribution in [3.8, 4) is 0 Å². The number of ether oxygens (including phenoxy) is 1. The summed E-state index contributed by atoms with van der Waals surface area (Å²) in [6, 6.07) is 5.37. The Hall–Kier alpha value is -1.09. The first-order valence-electron chi connectivity index (χ1n) is 7.49. The van der Waals surface area contributed by atoms with Crippen LogP contribution in [0.25, 0.3) is 0 Å². The van der Waals surface area contributed by atoms with Crippen LogP contribution in [0.1, 0.15) is 5.56 Å². The van der Waals surface area contributed by atoms with Crippen molar-refractivity contribution < 1.29 is 9.13 Å².